The fraction of sp³-hybridized carbons (Fsp3) is 0.450. The number of aromatic amines is 1. The van der Waals surface area contributed by atoms with Crippen molar-refractivity contribution in [1.82, 2.24) is 9.55 Å². The van der Waals surface area contributed by atoms with Gasteiger partial charge in [0.05, 0.1) is 10.6 Å². The third-order valence-electron chi connectivity index (χ3n) is 4.61. The molecule has 9 heteroatoms. The van der Waals surface area contributed by atoms with Gasteiger partial charge in [-0.2, -0.15) is 0 Å². The van der Waals surface area contributed by atoms with E-state index >= 15 is 0 Å². The maximum Gasteiger partial charge on any atom is 0.330 e. The van der Waals surface area contributed by atoms with Gasteiger partial charge in [0.1, 0.15) is 5.82 Å². The number of unbranched alkanes of at least 4 members (excludes halogenated alkanes) is 3. The number of nitrogens with one attached hydrogen (secondary N) is 1. The van der Waals surface area contributed by atoms with Gasteiger partial charge >= 0.3 is 5.69 Å². The molecule has 0 radical (unpaired) electrons. The van der Waals surface area contributed by atoms with E-state index in [9.17, 15) is 14.4 Å². The van der Waals surface area contributed by atoms with Crippen LogP contribution < -0.4 is 21.9 Å². The van der Waals surface area contributed by atoms with E-state index in [0.29, 0.717) is 24.4 Å². The Morgan fingerprint density at radius 3 is 2.48 bits per heavy atom. The highest BCUT2D eigenvalue weighted by atomic mass is 35.5. The molecular formula is C20H26Cl2N4O3. The summed E-state index contributed by atoms with van der Waals surface area (Å²) in [5.41, 5.74) is 5.03. The fourth-order valence-electron chi connectivity index (χ4n) is 3.02. The van der Waals surface area contributed by atoms with Gasteiger partial charge in [0, 0.05) is 18.1 Å². The lowest BCUT2D eigenvalue weighted by atomic mass is 10.1. The van der Waals surface area contributed by atoms with Crippen molar-refractivity contribution in [2.45, 2.75) is 52.5 Å². The largest absolute Gasteiger partial charge is 0.383 e. The summed E-state index contributed by atoms with van der Waals surface area (Å²) >= 11 is 12.2. The molecule has 0 aliphatic heterocycles. The summed E-state index contributed by atoms with van der Waals surface area (Å²) in [4.78, 5) is 41.8. The number of aromatic nitrogens is 2. The monoisotopic (exact) mass is 440 g/mol. The Morgan fingerprint density at radius 1 is 1.14 bits per heavy atom. The van der Waals surface area contributed by atoms with Gasteiger partial charge in [-0.3, -0.25) is 19.1 Å². The highest BCUT2D eigenvalue weighted by Crippen LogP contribution is 2.26. The van der Waals surface area contributed by atoms with E-state index in [1.165, 1.54) is 21.6 Å². The van der Waals surface area contributed by atoms with Crippen molar-refractivity contribution in [2.75, 3.05) is 17.2 Å². The average molecular weight is 441 g/mol. The Morgan fingerprint density at radius 2 is 1.83 bits per heavy atom. The van der Waals surface area contributed by atoms with Crippen LogP contribution in [0.4, 0.5) is 11.5 Å². The molecule has 29 heavy (non-hydrogen) atoms. The van der Waals surface area contributed by atoms with E-state index in [1.807, 2.05) is 13.8 Å². The Balaban J connectivity index is 2.60. The molecule has 0 spiro atoms. The van der Waals surface area contributed by atoms with Crippen LogP contribution in [-0.2, 0) is 6.54 Å². The molecule has 0 atom stereocenters. The highest BCUT2D eigenvalue weighted by Gasteiger charge is 2.26. The van der Waals surface area contributed by atoms with Crippen molar-refractivity contribution in [3.8, 4) is 0 Å². The number of anilines is 2. The lowest BCUT2D eigenvalue weighted by Gasteiger charge is -2.25. The van der Waals surface area contributed by atoms with Gasteiger partial charge in [-0.05, 0) is 31.0 Å². The van der Waals surface area contributed by atoms with Crippen LogP contribution in [0.3, 0.4) is 0 Å². The number of H-pyrrole nitrogens is 1. The summed E-state index contributed by atoms with van der Waals surface area (Å²) in [6.07, 6.45) is 4.01. The van der Waals surface area contributed by atoms with Crippen LogP contribution in [0.25, 0.3) is 0 Å². The first-order valence-electron chi connectivity index (χ1n) is 9.71. The van der Waals surface area contributed by atoms with E-state index in [1.54, 1.807) is 6.07 Å². The summed E-state index contributed by atoms with van der Waals surface area (Å²) in [5, 5.41) is 0.565. The average Bonchev–Trinajstić information content (AvgIpc) is 2.68. The van der Waals surface area contributed by atoms with E-state index < -0.39 is 17.2 Å². The molecule has 0 saturated heterocycles. The molecule has 0 unspecified atom stereocenters. The standard InChI is InChI=1S/C20H26Cl2N4O3/c1-3-5-7-11-25(19(28)14-12-13(21)8-9-15(14)22)16-17(23)26(10-6-4-2)20(29)24-18(16)27/h8-9,12H,3-7,10-11,23H2,1-2H3,(H,24,27,29). The maximum absolute atomic E-state index is 13.3. The van der Waals surface area contributed by atoms with Crippen LogP contribution in [0.5, 0.6) is 0 Å². The van der Waals surface area contributed by atoms with Gasteiger partial charge in [0.25, 0.3) is 11.5 Å². The molecule has 1 amide bonds. The first-order chi connectivity index (χ1) is 13.8. The Bertz CT molecular complexity index is 985. The summed E-state index contributed by atoms with van der Waals surface area (Å²) < 4.78 is 1.29. The van der Waals surface area contributed by atoms with Crippen LogP contribution in [-0.4, -0.2) is 22.0 Å². The minimum absolute atomic E-state index is 0.0322. The molecule has 158 valence electrons. The minimum Gasteiger partial charge on any atom is -0.383 e. The molecule has 0 bridgehead atoms. The first kappa shape index (κ1) is 23.0. The number of nitrogens with two attached hydrogens (primary N) is 1. The van der Waals surface area contributed by atoms with Crippen molar-refractivity contribution >= 4 is 40.6 Å². The van der Waals surface area contributed by atoms with Crippen LogP contribution in [0.1, 0.15) is 56.3 Å². The third-order valence-corrected chi connectivity index (χ3v) is 5.17. The predicted octanol–water partition coefficient (Wildman–Crippen LogP) is 4.06. The smallest absolute Gasteiger partial charge is 0.330 e. The number of rotatable bonds is 9. The second-order valence-corrected chi connectivity index (χ2v) is 7.63. The molecular weight excluding hydrogens is 415 g/mol. The Labute approximate surface area is 179 Å². The summed E-state index contributed by atoms with van der Waals surface area (Å²) in [6, 6.07) is 4.56. The quantitative estimate of drug-likeness (QED) is 0.573. The lowest BCUT2D eigenvalue weighted by Crippen LogP contribution is -2.41. The van der Waals surface area contributed by atoms with E-state index in [4.69, 9.17) is 28.9 Å². The number of amides is 1. The topological polar surface area (TPSA) is 101 Å². The molecule has 0 aliphatic carbocycles. The van der Waals surface area contributed by atoms with Crippen LogP contribution in [0, 0.1) is 0 Å². The number of carbonyl (C=O) groups is 1. The molecule has 2 rings (SSSR count). The van der Waals surface area contributed by atoms with E-state index in [-0.39, 0.29) is 28.6 Å². The van der Waals surface area contributed by atoms with Gasteiger partial charge in [-0.15, -0.1) is 0 Å². The Hall–Kier alpha value is -2.25. The zero-order valence-electron chi connectivity index (χ0n) is 16.6. The normalized spacial score (nSPS) is 10.9. The van der Waals surface area contributed by atoms with Crippen molar-refractivity contribution in [3.05, 3.63) is 54.6 Å². The SMILES string of the molecule is CCCCCN(C(=O)c1cc(Cl)ccc1Cl)c1c(N)n(CCCC)c(=O)[nH]c1=O. The molecule has 3 N–H and O–H groups in total. The zero-order valence-corrected chi connectivity index (χ0v) is 18.1. The third kappa shape index (κ3) is 5.42. The molecule has 0 fully saturated rings. The molecule has 7 nitrogen and oxygen atoms in total. The van der Waals surface area contributed by atoms with Gasteiger partial charge in [-0.25, -0.2) is 4.79 Å². The lowest BCUT2D eigenvalue weighted by molar-refractivity contribution is 0.0986. The van der Waals surface area contributed by atoms with Crippen molar-refractivity contribution in [2.24, 2.45) is 0 Å². The fourth-order valence-corrected chi connectivity index (χ4v) is 3.39. The summed E-state index contributed by atoms with van der Waals surface area (Å²) in [6.45, 7) is 4.62. The molecule has 2 aromatic rings. The molecule has 0 aliphatic rings. The molecule has 1 aromatic heterocycles. The van der Waals surface area contributed by atoms with Crippen molar-refractivity contribution in [1.29, 1.82) is 0 Å². The number of hydrogen-bond donors (Lipinski definition) is 2. The number of benzene rings is 1. The van der Waals surface area contributed by atoms with E-state index in [2.05, 4.69) is 4.98 Å². The number of hydrogen-bond acceptors (Lipinski definition) is 4. The van der Waals surface area contributed by atoms with Crippen LogP contribution in [0.15, 0.2) is 27.8 Å². The predicted molar refractivity (Wildman–Crippen MR) is 118 cm³/mol. The molecule has 1 aromatic carbocycles. The van der Waals surface area contributed by atoms with Crippen LogP contribution in [0.2, 0.25) is 10.0 Å². The van der Waals surface area contributed by atoms with E-state index in [0.717, 1.165) is 19.3 Å². The van der Waals surface area contributed by atoms with Gasteiger partial charge in [0.2, 0.25) is 0 Å². The molecule has 1 heterocycles. The van der Waals surface area contributed by atoms with Gasteiger partial charge in [-0.1, -0.05) is 56.3 Å². The van der Waals surface area contributed by atoms with Crippen molar-refractivity contribution < 1.29 is 4.79 Å². The maximum atomic E-state index is 13.3. The summed E-state index contributed by atoms with van der Waals surface area (Å²) in [5.74, 6) is -0.526. The number of halogens is 2. The Kier molecular flexibility index (Phi) is 8.34. The molecule has 0 saturated carbocycles. The van der Waals surface area contributed by atoms with Gasteiger partial charge < -0.3 is 10.6 Å². The second kappa shape index (κ2) is 10.5. The number of carbonyl (C=O) groups excluding carboxylic acids is 1. The van der Waals surface area contributed by atoms with Crippen LogP contribution >= 0.6 is 23.2 Å². The highest BCUT2D eigenvalue weighted by molar-refractivity contribution is 6.36. The van der Waals surface area contributed by atoms with Crippen molar-refractivity contribution in [3.63, 3.8) is 0 Å². The van der Waals surface area contributed by atoms with Gasteiger partial charge in [0.15, 0.2) is 5.69 Å². The number of nitrogen functional groups attached to an aromatic ring is 1. The number of nitrogens with zero attached hydrogens (tertiary/aromatic N) is 2. The first-order valence-corrected chi connectivity index (χ1v) is 10.5. The second-order valence-electron chi connectivity index (χ2n) is 6.79. The minimum atomic E-state index is -0.705. The zero-order chi connectivity index (χ0) is 21.6. The summed E-state index contributed by atoms with van der Waals surface area (Å²) in [7, 11) is 0.